The van der Waals surface area contributed by atoms with Crippen molar-refractivity contribution in [1.82, 2.24) is 9.55 Å². The number of hydrogen-bond acceptors (Lipinski definition) is 5. The number of benzene rings is 2. The zero-order valence-electron chi connectivity index (χ0n) is 26.0. The topological polar surface area (TPSA) is 82.6 Å². The molecular weight excluding hydrogens is 671 g/mol. The molecule has 43 heavy (non-hydrogen) atoms. The number of unbranched alkanes of at least 4 members (excludes halogenated alkanes) is 5. The molecule has 0 spiro atoms. The first kappa shape index (κ1) is 33.8. The Labute approximate surface area is 270 Å². The van der Waals surface area contributed by atoms with Crippen molar-refractivity contribution in [3.05, 3.63) is 93.3 Å². The van der Waals surface area contributed by atoms with E-state index in [2.05, 4.69) is 104 Å². The van der Waals surface area contributed by atoms with Gasteiger partial charge in [0.1, 0.15) is 6.23 Å². The smallest absolute Gasteiger partial charge is 0.330 e. The standard InChI is InChI=1S/C34H47IN2O5Si/c1-5-6-7-8-9-16-21-40-24-26-23-37(33(39)36-32(26)38)31-22-29(35)30(42-31)25-41-43(34(2,3)4,27-17-12-10-13-18-27)28-19-14-11-15-20-28/h10-15,17-20,23,29-31H,5-9,16,21-22,24-25H2,1-4H3,(H,36,38,39)/t29-,30-,31+/m1/s1. The van der Waals surface area contributed by atoms with Crippen LogP contribution in [0.4, 0.5) is 0 Å². The summed E-state index contributed by atoms with van der Waals surface area (Å²) >= 11 is 2.41. The second-order valence-corrected chi connectivity index (χ2v) is 18.4. The fourth-order valence-corrected chi connectivity index (χ4v) is 11.4. The first-order valence-corrected chi connectivity index (χ1v) is 18.8. The average Bonchev–Trinajstić information content (AvgIpc) is 3.36. The second kappa shape index (κ2) is 15.8. The summed E-state index contributed by atoms with van der Waals surface area (Å²) in [5.74, 6) is 0. The van der Waals surface area contributed by atoms with Gasteiger partial charge in [0.15, 0.2) is 0 Å². The highest BCUT2D eigenvalue weighted by Gasteiger charge is 2.51. The van der Waals surface area contributed by atoms with Gasteiger partial charge < -0.3 is 13.9 Å². The van der Waals surface area contributed by atoms with Crippen LogP contribution in [0, 0.1) is 0 Å². The molecular formula is C34H47IN2O5Si. The number of aromatic amines is 1. The fraction of sp³-hybridized carbons (Fsp3) is 0.529. The molecule has 0 unspecified atom stereocenters. The number of nitrogens with one attached hydrogen (secondary N) is 1. The molecule has 0 bridgehead atoms. The third kappa shape index (κ3) is 8.36. The van der Waals surface area contributed by atoms with E-state index in [1.807, 2.05) is 12.1 Å². The molecule has 0 saturated carbocycles. The second-order valence-electron chi connectivity index (χ2n) is 12.5. The lowest BCUT2D eigenvalue weighted by molar-refractivity contribution is -0.0205. The van der Waals surface area contributed by atoms with Crippen LogP contribution in [0.15, 0.2) is 76.4 Å². The Morgan fingerprint density at radius 2 is 1.56 bits per heavy atom. The van der Waals surface area contributed by atoms with Crippen molar-refractivity contribution in [2.24, 2.45) is 0 Å². The Morgan fingerprint density at radius 3 is 2.16 bits per heavy atom. The van der Waals surface area contributed by atoms with E-state index >= 15 is 0 Å². The Balaban J connectivity index is 1.47. The molecule has 1 aliphatic heterocycles. The summed E-state index contributed by atoms with van der Waals surface area (Å²) in [6.45, 7) is 10.2. The number of H-pyrrole nitrogens is 1. The zero-order chi connectivity index (χ0) is 30.9. The van der Waals surface area contributed by atoms with E-state index in [1.165, 1.54) is 40.6 Å². The molecule has 234 valence electrons. The Morgan fingerprint density at radius 1 is 0.953 bits per heavy atom. The number of rotatable bonds is 15. The summed E-state index contributed by atoms with van der Waals surface area (Å²) in [5.41, 5.74) is -0.433. The van der Waals surface area contributed by atoms with E-state index in [-0.39, 0.29) is 21.7 Å². The van der Waals surface area contributed by atoms with Crippen LogP contribution in [0.25, 0.3) is 0 Å². The van der Waals surface area contributed by atoms with E-state index in [0.29, 0.717) is 25.2 Å². The van der Waals surface area contributed by atoms with Crippen LogP contribution in [0.1, 0.15) is 84.4 Å². The Kier molecular flexibility index (Phi) is 12.4. The molecule has 0 radical (unpaired) electrons. The van der Waals surface area contributed by atoms with Crippen LogP contribution in [0.2, 0.25) is 5.04 Å². The van der Waals surface area contributed by atoms with Crippen molar-refractivity contribution in [3.63, 3.8) is 0 Å². The molecule has 1 N–H and O–H groups in total. The van der Waals surface area contributed by atoms with Crippen LogP contribution in [-0.2, 0) is 20.5 Å². The molecule has 9 heteroatoms. The lowest BCUT2D eigenvalue weighted by Gasteiger charge is -2.43. The number of aromatic nitrogens is 2. The number of ether oxygens (including phenoxy) is 2. The zero-order valence-corrected chi connectivity index (χ0v) is 29.2. The van der Waals surface area contributed by atoms with Gasteiger partial charge in [-0.3, -0.25) is 14.3 Å². The van der Waals surface area contributed by atoms with Gasteiger partial charge in [-0.25, -0.2) is 4.79 Å². The van der Waals surface area contributed by atoms with E-state index < -0.39 is 25.8 Å². The summed E-state index contributed by atoms with van der Waals surface area (Å²) in [7, 11) is -2.72. The minimum absolute atomic E-state index is 0.132. The molecule has 3 atom stereocenters. The van der Waals surface area contributed by atoms with Crippen molar-refractivity contribution >= 4 is 41.3 Å². The monoisotopic (exact) mass is 718 g/mol. The quantitative estimate of drug-likeness (QED) is 0.0892. The SMILES string of the molecule is CCCCCCCCOCc1cn([C@@H]2C[C@@H](I)[C@@H](CO[Si](c3ccccc3)(c3ccccc3)C(C)(C)C)O2)c(=O)[nH]c1=O. The first-order valence-electron chi connectivity index (χ1n) is 15.6. The molecule has 2 heterocycles. The molecule has 4 rings (SSSR count). The van der Waals surface area contributed by atoms with Gasteiger partial charge >= 0.3 is 5.69 Å². The minimum Gasteiger partial charge on any atom is -0.405 e. The lowest BCUT2D eigenvalue weighted by Crippen LogP contribution is -2.67. The van der Waals surface area contributed by atoms with Gasteiger partial charge in [0.05, 0.1) is 24.9 Å². The van der Waals surface area contributed by atoms with Crippen molar-refractivity contribution < 1.29 is 13.9 Å². The normalized spacial score (nSPS) is 19.1. The summed E-state index contributed by atoms with van der Waals surface area (Å²) in [5, 5.41) is 2.29. The molecule has 1 aromatic heterocycles. The van der Waals surface area contributed by atoms with Crippen molar-refractivity contribution in [2.45, 2.75) is 101 Å². The number of halogens is 1. The van der Waals surface area contributed by atoms with Crippen molar-refractivity contribution in [1.29, 1.82) is 0 Å². The Hall–Kier alpha value is -2.05. The average molecular weight is 719 g/mol. The minimum atomic E-state index is -2.72. The van der Waals surface area contributed by atoms with Gasteiger partial charge in [0, 0.05) is 23.1 Å². The molecule has 2 aromatic carbocycles. The van der Waals surface area contributed by atoms with E-state index in [9.17, 15) is 9.59 Å². The summed E-state index contributed by atoms with van der Waals surface area (Å²) in [6.07, 6.45) is 8.61. The maximum absolute atomic E-state index is 12.9. The molecule has 0 aliphatic carbocycles. The molecule has 3 aromatic rings. The maximum Gasteiger partial charge on any atom is 0.330 e. The van der Waals surface area contributed by atoms with E-state index in [1.54, 1.807) is 6.20 Å². The molecule has 1 fully saturated rings. The molecule has 0 amide bonds. The van der Waals surface area contributed by atoms with E-state index in [0.717, 1.165) is 12.8 Å². The summed E-state index contributed by atoms with van der Waals surface area (Å²) < 4.78 is 21.1. The van der Waals surface area contributed by atoms with Gasteiger partial charge in [0.2, 0.25) is 0 Å². The first-order chi connectivity index (χ1) is 20.7. The van der Waals surface area contributed by atoms with Crippen LogP contribution in [0.3, 0.4) is 0 Å². The van der Waals surface area contributed by atoms with Gasteiger partial charge in [0.25, 0.3) is 13.9 Å². The highest BCUT2D eigenvalue weighted by atomic mass is 127. The third-order valence-electron chi connectivity index (χ3n) is 8.29. The lowest BCUT2D eigenvalue weighted by atomic mass is 10.1. The molecule has 1 aliphatic rings. The van der Waals surface area contributed by atoms with Crippen molar-refractivity contribution in [3.8, 4) is 0 Å². The highest BCUT2D eigenvalue weighted by molar-refractivity contribution is 14.1. The highest BCUT2D eigenvalue weighted by Crippen LogP contribution is 2.39. The number of nitrogens with zero attached hydrogens (tertiary/aromatic N) is 1. The van der Waals surface area contributed by atoms with Gasteiger partial charge in [-0.2, -0.15) is 0 Å². The predicted molar refractivity (Wildman–Crippen MR) is 184 cm³/mol. The van der Waals surface area contributed by atoms with Crippen LogP contribution in [0.5, 0.6) is 0 Å². The number of alkyl halides is 1. The summed E-state index contributed by atoms with van der Waals surface area (Å²) in [6, 6.07) is 21.1. The van der Waals surface area contributed by atoms with Gasteiger partial charge in [-0.1, -0.05) is 143 Å². The van der Waals surface area contributed by atoms with Gasteiger partial charge in [-0.15, -0.1) is 0 Å². The van der Waals surface area contributed by atoms with E-state index in [4.69, 9.17) is 13.9 Å². The van der Waals surface area contributed by atoms with Crippen LogP contribution < -0.4 is 21.6 Å². The third-order valence-corrected chi connectivity index (χ3v) is 14.6. The van der Waals surface area contributed by atoms with Crippen LogP contribution in [-0.4, -0.2) is 41.1 Å². The number of hydrogen-bond donors (Lipinski definition) is 1. The van der Waals surface area contributed by atoms with Crippen LogP contribution >= 0.6 is 22.6 Å². The largest absolute Gasteiger partial charge is 0.405 e. The molecule has 1 saturated heterocycles. The maximum atomic E-state index is 12.9. The Bertz CT molecular complexity index is 1350. The predicted octanol–water partition coefficient (Wildman–Crippen LogP) is 6.08. The fourth-order valence-electron chi connectivity index (χ4n) is 5.99. The van der Waals surface area contributed by atoms with Crippen molar-refractivity contribution in [2.75, 3.05) is 13.2 Å². The molecule has 7 nitrogen and oxygen atoms in total. The van der Waals surface area contributed by atoms with Gasteiger partial charge in [-0.05, 0) is 21.8 Å². The summed E-state index contributed by atoms with van der Waals surface area (Å²) in [4.78, 5) is 27.9.